The number of rotatable bonds is 5. The Labute approximate surface area is 176 Å². The number of amides is 2. The molecule has 0 aromatic heterocycles. The van der Waals surface area contributed by atoms with Gasteiger partial charge < -0.3 is 10.6 Å². The fourth-order valence-corrected chi connectivity index (χ4v) is 3.55. The van der Waals surface area contributed by atoms with Crippen LogP contribution in [0.4, 0.5) is 5.69 Å². The van der Waals surface area contributed by atoms with E-state index < -0.39 is 0 Å². The molecule has 3 rings (SSSR count). The topological polar surface area (TPSA) is 70.2 Å². The number of thiocarbonyl (C=S) groups is 1. The number of hydrogen-bond donors (Lipinski definition) is 3. The molecule has 0 spiro atoms. The normalized spacial score (nSPS) is 14.3. The molecule has 2 aromatic carbocycles. The molecule has 1 aliphatic rings. The van der Waals surface area contributed by atoms with Gasteiger partial charge in [-0.15, -0.1) is 0 Å². The molecule has 6 heteroatoms. The third kappa shape index (κ3) is 6.54. The zero-order valence-corrected chi connectivity index (χ0v) is 17.0. The SMILES string of the molecule is O=C(/C=C/c1ccccc1)NC(=S)Nc1ccccc1C(=O)NC1CCCCC1. The quantitative estimate of drug-likeness (QED) is 0.511. The van der Waals surface area contributed by atoms with Crippen LogP contribution in [0.1, 0.15) is 48.0 Å². The molecule has 0 saturated heterocycles. The maximum absolute atomic E-state index is 12.7. The average molecular weight is 408 g/mol. The van der Waals surface area contributed by atoms with Crippen molar-refractivity contribution in [2.24, 2.45) is 0 Å². The fraction of sp³-hybridized carbons (Fsp3) is 0.261. The molecule has 0 bridgehead atoms. The van der Waals surface area contributed by atoms with Crippen LogP contribution < -0.4 is 16.0 Å². The largest absolute Gasteiger partial charge is 0.349 e. The molecule has 150 valence electrons. The monoisotopic (exact) mass is 407 g/mol. The third-order valence-corrected chi connectivity index (χ3v) is 5.03. The van der Waals surface area contributed by atoms with Crippen molar-refractivity contribution in [1.82, 2.24) is 10.6 Å². The van der Waals surface area contributed by atoms with Crippen molar-refractivity contribution in [2.45, 2.75) is 38.1 Å². The number of benzene rings is 2. The lowest BCUT2D eigenvalue weighted by Gasteiger charge is -2.23. The minimum absolute atomic E-state index is 0.127. The number of carbonyl (C=O) groups is 2. The Morgan fingerprint density at radius 1 is 0.931 bits per heavy atom. The number of para-hydroxylation sites is 1. The van der Waals surface area contributed by atoms with Gasteiger partial charge in [-0.05, 0) is 48.8 Å². The van der Waals surface area contributed by atoms with Crippen molar-refractivity contribution in [2.75, 3.05) is 5.32 Å². The van der Waals surface area contributed by atoms with Crippen LogP contribution in [0.2, 0.25) is 0 Å². The van der Waals surface area contributed by atoms with Gasteiger partial charge in [0.25, 0.3) is 5.91 Å². The van der Waals surface area contributed by atoms with Gasteiger partial charge in [-0.2, -0.15) is 0 Å². The minimum Gasteiger partial charge on any atom is -0.349 e. The van der Waals surface area contributed by atoms with Gasteiger partial charge in [0.2, 0.25) is 5.91 Å². The van der Waals surface area contributed by atoms with Crippen LogP contribution in [0.3, 0.4) is 0 Å². The van der Waals surface area contributed by atoms with E-state index in [2.05, 4.69) is 16.0 Å². The standard InChI is InChI=1S/C23H25N3O2S/c27-21(16-15-17-9-3-1-4-10-17)26-23(29)25-20-14-8-7-13-19(20)22(28)24-18-11-5-2-6-12-18/h1,3-4,7-10,13-16,18H,2,5-6,11-12H2,(H,24,28)(H2,25,26,27,29)/b16-15+. The molecule has 0 atom stereocenters. The van der Waals surface area contributed by atoms with Crippen LogP contribution in [-0.2, 0) is 4.79 Å². The lowest BCUT2D eigenvalue weighted by atomic mass is 9.95. The van der Waals surface area contributed by atoms with Crippen molar-refractivity contribution < 1.29 is 9.59 Å². The molecule has 1 saturated carbocycles. The van der Waals surface area contributed by atoms with E-state index in [-0.39, 0.29) is 23.0 Å². The first-order valence-corrected chi connectivity index (χ1v) is 10.3. The molecule has 1 fully saturated rings. The molecule has 2 aromatic rings. The average Bonchev–Trinajstić information content (AvgIpc) is 2.74. The highest BCUT2D eigenvalue weighted by atomic mass is 32.1. The van der Waals surface area contributed by atoms with Gasteiger partial charge in [0, 0.05) is 12.1 Å². The summed E-state index contributed by atoms with van der Waals surface area (Å²) in [6.07, 6.45) is 8.70. The minimum atomic E-state index is -0.338. The number of carbonyl (C=O) groups excluding carboxylic acids is 2. The molecule has 0 radical (unpaired) electrons. The third-order valence-electron chi connectivity index (χ3n) is 4.82. The maximum atomic E-state index is 12.7. The lowest BCUT2D eigenvalue weighted by molar-refractivity contribution is -0.115. The van der Waals surface area contributed by atoms with E-state index in [9.17, 15) is 9.59 Å². The Hall–Kier alpha value is -2.99. The van der Waals surface area contributed by atoms with Gasteiger partial charge in [-0.3, -0.25) is 14.9 Å². The highest BCUT2D eigenvalue weighted by Gasteiger charge is 2.18. The number of hydrogen-bond acceptors (Lipinski definition) is 3. The molecule has 29 heavy (non-hydrogen) atoms. The van der Waals surface area contributed by atoms with E-state index in [0.717, 1.165) is 31.2 Å². The predicted molar refractivity (Wildman–Crippen MR) is 121 cm³/mol. The molecule has 5 nitrogen and oxygen atoms in total. The Morgan fingerprint density at radius 2 is 1.62 bits per heavy atom. The number of nitrogens with one attached hydrogen (secondary N) is 3. The van der Waals surface area contributed by atoms with Crippen LogP contribution in [-0.4, -0.2) is 23.0 Å². The van der Waals surface area contributed by atoms with Crippen molar-refractivity contribution in [3.63, 3.8) is 0 Å². The molecule has 0 aliphatic heterocycles. The summed E-state index contributed by atoms with van der Waals surface area (Å²) in [6, 6.07) is 16.9. The van der Waals surface area contributed by atoms with E-state index in [0.29, 0.717) is 11.3 Å². The van der Waals surface area contributed by atoms with E-state index in [4.69, 9.17) is 12.2 Å². The van der Waals surface area contributed by atoms with Gasteiger partial charge in [0.15, 0.2) is 5.11 Å². The summed E-state index contributed by atoms with van der Waals surface area (Å²) >= 11 is 5.24. The second kappa shape index (κ2) is 10.5. The molecule has 3 N–H and O–H groups in total. The van der Waals surface area contributed by atoms with Crippen LogP contribution in [0.15, 0.2) is 60.7 Å². The molecular formula is C23H25N3O2S. The fourth-order valence-electron chi connectivity index (χ4n) is 3.34. The Bertz CT molecular complexity index is 890. The summed E-state index contributed by atoms with van der Waals surface area (Å²) in [7, 11) is 0. The summed E-state index contributed by atoms with van der Waals surface area (Å²) in [4.78, 5) is 24.8. The summed E-state index contributed by atoms with van der Waals surface area (Å²) < 4.78 is 0. The van der Waals surface area contributed by atoms with Crippen LogP contribution in [0.25, 0.3) is 6.08 Å². The maximum Gasteiger partial charge on any atom is 0.253 e. The van der Waals surface area contributed by atoms with Gasteiger partial charge in [0.05, 0.1) is 11.3 Å². The van der Waals surface area contributed by atoms with Crippen molar-refractivity contribution >= 4 is 40.9 Å². The molecule has 0 heterocycles. The Kier molecular flexibility index (Phi) is 7.53. The first kappa shape index (κ1) is 20.7. The smallest absolute Gasteiger partial charge is 0.253 e. The predicted octanol–water partition coefficient (Wildman–Crippen LogP) is 4.28. The summed E-state index contributed by atoms with van der Waals surface area (Å²) in [5.74, 6) is -0.464. The zero-order valence-electron chi connectivity index (χ0n) is 16.2. The first-order chi connectivity index (χ1) is 14.1. The first-order valence-electron chi connectivity index (χ1n) is 9.87. The van der Waals surface area contributed by atoms with E-state index in [1.807, 2.05) is 42.5 Å². The van der Waals surface area contributed by atoms with Crippen molar-refractivity contribution in [3.05, 3.63) is 71.8 Å². The van der Waals surface area contributed by atoms with E-state index in [1.165, 1.54) is 12.5 Å². The molecule has 0 unspecified atom stereocenters. The van der Waals surface area contributed by atoms with Gasteiger partial charge in [0.1, 0.15) is 0 Å². The Morgan fingerprint density at radius 3 is 2.38 bits per heavy atom. The molecule has 1 aliphatic carbocycles. The molecular weight excluding hydrogens is 382 g/mol. The van der Waals surface area contributed by atoms with E-state index >= 15 is 0 Å². The van der Waals surface area contributed by atoms with Gasteiger partial charge in [-0.1, -0.05) is 61.7 Å². The van der Waals surface area contributed by atoms with Gasteiger partial charge in [-0.25, -0.2) is 0 Å². The highest BCUT2D eigenvalue weighted by molar-refractivity contribution is 7.80. The highest BCUT2D eigenvalue weighted by Crippen LogP contribution is 2.20. The van der Waals surface area contributed by atoms with Crippen molar-refractivity contribution in [3.8, 4) is 0 Å². The second-order valence-corrected chi connectivity index (χ2v) is 7.45. The van der Waals surface area contributed by atoms with Gasteiger partial charge >= 0.3 is 0 Å². The van der Waals surface area contributed by atoms with Crippen LogP contribution in [0.5, 0.6) is 0 Å². The summed E-state index contributed by atoms with van der Waals surface area (Å²) in [6.45, 7) is 0. The van der Waals surface area contributed by atoms with E-state index in [1.54, 1.807) is 18.2 Å². The lowest BCUT2D eigenvalue weighted by Crippen LogP contribution is -2.37. The Balaban J connectivity index is 1.58. The van der Waals surface area contributed by atoms with Crippen molar-refractivity contribution in [1.29, 1.82) is 0 Å². The second-order valence-electron chi connectivity index (χ2n) is 7.04. The molecule has 2 amide bonds. The van der Waals surface area contributed by atoms with Crippen LogP contribution in [0, 0.1) is 0 Å². The van der Waals surface area contributed by atoms with Crippen LogP contribution >= 0.6 is 12.2 Å². The number of anilines is 1. The summed E-state index contributed by atoms with van der Waals surface area (Å²) in [5, 5.41) is 8.82. The zero-order chi connectivity index (χ0) is 20.5. The summed E-state index contributed by atoms with van der Waals surface area (Å²) in [5.41, 5.74) is 2.00.